The molecule has 1 N–H and O–H groups in total. The molecular formula is C32H30F3N5O4. The summed E-state index contributed by atoms with van der Waals surface area (Å²) in [6.07, 6.45) is 4.73. The number of nitrogens with one attached hydrogen (secondary N) is 1. The lowest BCUT2D eigenvalue weighted by atomic mass is 9.89. The zero-order valence-corrected chi connectivity index (χ0v) is 23.9. The number of nitrogens with zero attached hydrogens (tertiary/aromatic N) is 4. The van der Waals surface area contributed by atoms with Crippen LogP contribution in [0.5, 0.6) is 11.6 Å². The van der Waals surface area contributed by atoms with Crippen LogP contribution in [0.2, 0.25) is 0 Å². The molecule has 0 unspecified atom stereocenters. The number of rotatable bonds is 9. The van der Waals surface area contributed by atoms with E-state index in [1.165, 1.54) is 22.5 Å². The van der Waals surface area contributed by atoms with Crippen LogP contribution in [0.4, 0.5) is 13.2 Å². The van der Waals surface area contributed by atoms with Gasteiger partial charge in [-0.15, -0.1) is 0 Å². The Morgan fingerprint density at radius 3 is 2.52 bits per heavy atom. The zero-order valence-electron chi connectivity index (χ0n) is 23.9. The number of esters is 1. The molecule has 1 aromatic carbocycles. The third-order valence-electron chi connectivity index (χ3n) is 7.00. The van der Waals surface area contributed by atoms with Crippen molar-refractivity contribution < 1.29 is 32.2 Å². The second kappa shape index (κ2) is 13.5. The summed E-state index contributed by atoms with van der Waals surface area (Å²) in [7, 11) is 0. The number of pyridine rings is 2. The normalized spacial score (nSPS) is 15.0. The van der Waals surface area contributed by atoms with Crippen LogP contribution < -0.4 is 10.1 Å². The van der Waals surface area contributed by atoms with Gasteiger partial charge in [-0.2, -0.15) is 18.3 Å². The number of aromatic nitrogens is 4. The molecule has 12 heteroatoms. The van der Waals surface area contributed by atoms with E-state index >= 15 is 0 Å². The van der Waals surface area contributed by atoms with Gasteiger partial charge in [-0.1, -0.05) is 23.8 Å². The lowest BCUT2D eigenvalue weighted by molar-refractivity contribution is -0.144. The smallest absolute Gasteiger partial charge is 0.417 e. The van der Waals surface area contributed by atoms with E-state index in [0.29, 0.717) is 29.3 Å². The Labute approximate surface area is 251 Å². The number of allylic oxidation sites excluding steroid dienone is 1. The van der Waals surface area contributed by atoms with Gasteiger partial charge in [-0.3, -0.25) is 19.3 Å². The van der Waals surface area contributed by atoms with Crippen molar-refractivity contribution in [2.24, 2.45) is 0 Å². The Balaban J connectivity index is 1.11. The molecule has 44 heavy (non-hydrogen) atoms. The van der Waals surface area contributed by atoms with Crippen molar-refractivity contribution in [2.45, 2.75) is 51.4 Å². The predicted octanol–water partition coefficient (Wildman–Crippen LogP) is 6.47. The summed E-state index contributed by atoms with van der Waals surface area (Å²) in [6, 6.07) is 14.6. The second-order valence-electron chi connectivity index (χ2n) is 10.2. The summed E-state index contributed by atoms with van der Waals surface area (Å²) in [5.74, 6) is -0.0252. The highest BCUT2D eigenvalue weighted by Crippen LogP contribution is 2.31. The fraction of sp³-hybridized carbons (Fsp3) is 0.281. The Morgan fingerprint density at radius 2 is 1.84 bits per heavy atom. The van der Waals surface area contributed by atoms with Gasteiger partial charge in [0.15, 0.2) is 0 Å². The van der Waals surface area contributed by atoms with Crippen LogP contribution in [0.25, 0.3) is 17.5 Å². The molecule has 228 valence electrons. The first-order chi connectivity index (χ1) is 21.2. The summed E-state index contributed by atoms with van der Waals surface area (Å²) >= 11 is 0. The number of hydrogen-bond acceptors (Lipinski definition) is 7. The Kier molecular flexibility index (Phi) is 9.37. The largest absolute Gasteiger partial charge is 0.465 e. The lowest BCUT2D eigenvalue weighted by Gasteiger charge is -2.25. The van der Waals surface area contributed by atoms with Crippen molar-refractivity contribution in [1.82, 2.24) is 25.1 Å². The average molecular weight is 606 g/mol. The third kappa shape index (κ3) is 8.09. The van der Waals surface area contributed by atoms with Gasteiger partial charge in [0.25, 0.3) is 5.91 Å². The van der Waals surface area contributed by atoms with Gasteiger partial charge >= 0.3 is 12.1 Å². The Hall–Kier alpha value is -5.00. The molecule has 0 aliphatic heterocycles. The molecule has 0 bridgehead atoms. The van der Waals surface area contributed by atoms with Crippen molar-refractivity contribution >= 4 is 18.0 Å². The van der Waals surface area contributed by atoms with E-state index in [0.717, 1.165) is 43.5 Å². The van der Waals surface area contributed by atoms with Gasteiger partial charge in [0.05, 0.1) is 23.4 Å². The molecule has 4 aromatic rings. The number of ether oxygens (including phenoxy) is 2. The van der Waals surface area contributed by atoms with E-state index in [2.05, 4.69) is 26.5 Å². The monoisotopic (exact) mass is 605 g/mol. The molecule has 1 amide bonds. The van der Waals surface area contributed by atoms with Gasteiger partial charge in [0, 0.05) is 30.7 Å². The fourth-order valence-corrected chi connectivity index (χ4v) is 4.78. The van der Waals surface area contributed by atoms with Gasteiger partial charge in [-0.25, -0.2) is 4.98 Å². The first-order valence-corrected chi connectivity index (χ1v) is 14.1. The summed E-state index contributed by atoms with van der Waals surface area (Å²) in [6.45, 7) is 2.06. The molecular weight excluding hydrogens is 575 g/mol. The Bertz CT molecular complexity index is 1620. The molecule has 1 aliphatic carbocycles. The van der Waals surface area contributed by atoms with E-state index in [9.17, 15) is 22.8 Å². The topological polar surface area (TPSA) is 108 Å². The van der Waals surface area contributed by atoms with Gasteiger partial charge < -0.3 is 14.8 Å². The van der Waals surface area contributed by atoms with Crippen molar-refractivity contribution in [3.05, 3.63) is 95.5 Å². The minimum absolute atomic E-state index is 0.0109. The lowest BCUT2D eigenvalue weighted by Crippen LogP contribution is -2.36. The Morgan fingerprint density at radius 1 is 1.02 bits per heavy atom. The van der Waals surface area contributed by atoms with E-state index in [1.54, 1.807) is 37.4 Å². The highest BCUT2D eigenvalue weighted by Gasteiger charge is 2.30. The summed E-state index contributed by atoms with van der Waals surface area (Å²) in [4.78, 5) is 32.7. The molecule has 3 aromatic heterocycles. The quantitative estimate of drug-likeness (QED) is 0.218. The maximum absolute atomic E-state index is 12.9. The van der Waals surface area contributed by atoms with E-state index in [1.807, 2.05) is 18.2 Å². The number of benzene rings is 1. The van der Waals surface area contributed by atoms with Gasteiger partial charge in [0.1, 0.15) is 18.0 Å². The molecule has 1 saturated carbocycles. The molecule has 0 spiro atoms. The van der Waals surface area contributed by atoms with Crippen LogP contribution in [-0.4, -0.2) is 44.3 Å². The van der Waals surface area contributed by atoms with E-state index in [4.69, 9.17) is 9.47 Å². The minimum Gasteiger partial charge on any atom is -0.465 e. The maximum atomic E-state index is 12.9. The molecule has 3 heterocycles. The van der Waals surface area contributed by atoms with Crippen molar-refractivity contribution in [3.8, 4) is 23.0 Å². The first-order valence-electron chi connectivity index (χ1n) is 14.1. The fourth-order valence-electron chi connectivity index (χ4n) is 4.78. The number of halogens is 3. The minimum atomic E-state index is -4.45. The van der Waals surface area contributed by atoms with Crippen molar-refractivity contribution in [3.63, 3.8) is 0 Å². The third-order valence-corrected chi connectivity index (χ3v) is 7.00. The van der Waals surface area contributed by atoms with E-state index < -0.39 is 11.7 Å². The molecule has 0 saturated heterocycles. The first kappa shape index (κ1) is 30.5. The standard InChI is InChI=1S/C32H30F3N5O4/c1-2-43-30(41)20-40-15-14-28(39-40)27-12-8-23(18-36-27)31(42)38-25-10-6-21(7-11-25)16-22-4-3-5-26(17-22)44-29-13-9-24(19-37-29)32(33,34)35/h3-5,8-9,12-19,25H,2,6-7,10-11,20H2,1H3,(H,38,42). The van der Waals surface area contributed by atoms with Gasteiger partial charge in [0.2, 0.25) is 5.88 Å². The molecule has 0 radical (unpaired) electrons. The summed E-state index contributed by atoms with van der Waals surface area (Å²) in [5.41, 5.74) is 2.92. The van der Waals surface area contributed by atoms with Gasteiger partial charge in [-0.05, 0) is 74.6 Å². The van der Waals surface area contributed by atoms with Crippen LogP contribution in [0, 0.1) is 0 Å². The van der Waals surface area contributed by atoms with Crippen molar-refractivity contribution in [2.75, 3.05) is 6.61 Å². The molecule has 9 nitrogen and oxygen atoms in total. The number of amides is 1. The van der Waals surface area contributed by atoms with Crippen molar-refractivity contribution in [1.29, 1.82) is 0 Å². The SMILES string of the molecule is CCOC(=O)Cn1ccc(-c2ccc(C(=O)NC3CCC(=Cc4cccc(Oc5ccc(C(F)(F)F)cn5)c4)CC3)cn2)n1. The number of carbonyl (C=O) groups is 2. The molecule has 0 atom stereocenters. The summed E-state index contributed by atoms with van der Waals surface area (Å²) < 4.78 is 50.4. The molecule has 1 fully saturated rings. The molecule has 1 aliphatic rings. The number of carbonyl (C=O) groups excluding carboxylic acids is 2. The average Bonchev–Trinajstić information content (AvgIpc) is 3.47. The maximum Gasteiger partial charge on any atom is 0.417 e. The highest BCUT2D eigenvalue weighted by atomic mass is 19.4. The van der Waals surface area contributed by atoms with Crippen LogP contribution in [-0.2, 0) is 22.3 Å². The molecule has 5 rings (SSSR count). The number of alkyl halides is 3. The van der Waals surface area contributed by atoms with E-state index in [-0.39, 0.29) is 30.3 Å². The van der Waals surface area contributed by atoms with Crippen LogP contribution in [0.15, 0.2) is 78.8 Å². The van der Waals surface area contributed by atoms with Crippen LogP contribution >= 0.6 is 0 Å². The second-order valence-corrected chi connectivity index (χ2v) is 10.2. The summed E-state index contributed by atoms with van der Waals surface area (Å²) in [5, 5.41) is 7.44. The van der Waals surface area contributed by atoms with Crippen LogP contribution in [0.1, 0.15) is 54.1 Å². The van der Waals surface area contributed by atoms with Crippen LogP contribution in [0.3, 0.4) is 0 Å². The predicted molar refractivity (Wildman–Crippen MR) is 156 cm³/mol. The zero-order chi connectivity index (χ0) is 31.1. The number of hydrogen-bond donors (Lipinski definition) is 1. The highest BCUT2D eigenvalue weighted by molar-refractivity contribution is 5.94.